The Morgan fingerprint density at radius 3 is 1.52 bits per heavy atom. The number of nitrogens with zero attached hydrogens (tertiary/aromatic N) is 3. The molecule has 1 amide bonds. The lowest BCUT2D eigenvalue weighted by molar-refractivity contribution is 0.0586. The molecule has 0 saturated heterocycles. The van der Waals surface area contributed by atoms with Crippen LogP contribution in [-0.2, 0) is 9.47 Å². The molecule has 0 unspecified atom stereocenters. The molecule has 48 heavy (non-hydrogen) atoms. The zero-order chi connectivity index (χ0) is 36.4. The second-order valence-electron chi connectivity index (χ2n) is 8.88. The number of esters is 2. The number of benzene rings is 2. The zero-order valence-electron chi connectivity index (χ0n) is 26.5. The molecular formula is C30H34Cl5N7O6. The molecule has 18 heteroatoms. The molecule has 0 spiro atoms. The molecule has 0 radical (unpaired) electrons. The average Bonchev–Trinajstić information content (AvgIpc) is 3.70. The fraction of sp³-hybridized carbons (Fsp3) is 0.267. The van der Waals surface area contributed by atoms with E-state index in [1.807, 2.05) is 0 Å². The molecule has 4 aromatic rings. The van der Waals surface area contributed by atoms with Gasteiger partial charge in [0.15, 0.2) is 11.4 Å². The van der Waals surface area contributed by atoms with Crippen molar-refractivity contribution in [3.8, 4) is 0 Å². The summed E-state index contributed by atoms with van der Waals surface area (Å²) in [4.78, 5) is 47.4. The van der Waals surface area contributed by atoms with Crippen molar-refractivity contribution in [2.75, 3.05) is 44.9 Å². The lowest BCUT2D eigenvalue weighted by Gasteiger charge is -2.13. The Labute approximate surface area is 302 Å². The van der Waals surface area contributed by atoms with Crippen molar-refractivity contribution in [2.24, 2.45) is 0 Å². The zero-order valence-corrected chi connectivity index (χ0v) is 30.3. The van der Waals surface area contributed by atoms with Crippen LogP contribution >= 0.6 is 58.0 Å². The lowest BCUT2D eigenvalue weighted by atomic mass is 10.2. The number of aromatic nitrogens is 4. The Kier molecular flexibility index (Phi) is 19.3. The number of nitrogens with one attached hydrogen (secondary N) is 3. The van der Waals surface area contributed by atoms with E-state index in [4.69, 9.17) is 63.7 Å². The molecule has 2 aromatic carbocycles. The molecular weight excluding hydrogens is 732 g/mol. The fourth-order valence-corrected chi connectivity index (χ4v) is 4.89. The number of H-pyrrole nitrogens is 2. The topological polar surface area (TPSA) is 185 Å². The van der Waals surface area contributed by atoms with Crippen LogP contribution in [0.3, 0.4) is 0 Å². The SMILES string of the molecule is CCN(CC)CC.COC(=O)c1[nH]ncc1N.COC(=O)c1[nH]ncc1NC(=O)c1c(Cl)cccc1Cl.O=C(Cl)c1c(Cl)cccc1Cl. The van der Waals surface area contributed by atoms with E-state index in [2.05, 4.69) is 60.9 Å². The predicted octanol–water partition coefficient (Wildman–Crippen LogP) is 7.25. The number of anilines is 2. The van der Waals surface area contributed by atoms with E-state index in [1.54, 1.807) is 36.4 Å². The minimum Gasteiger partial charge on any atom is -0.464 e. The lowest BCUT2D eigenvalue weighted by Crippen LogP contribution is -2.21. The van der Waals surface area contributed by atoms with Crippen molar-refractivity contribution in [1.82, 2.24) is 25.3 Å². The molecule has 0 atom stereocenters. The Morgan fingerprint density at radius 2 is 1.17 bits per heavy atom. The van der Waals surface area contributed by atoms with Crippen molar-refractivity contribution >= 4 is 92.5 Å². The average molecular weight is 766 g/mol. The molecule has 5 N–H and O–H groups in total. The van der Waals surface area contributed by atoms with Gasteiger partial charge in [0.05, 0.1) is 69.2 Å². The third kappa shape index (κ3) is 13.0. The van der Waals surface area contributed by atoms with E-state index < -0.39 is 23.1 Å². The Morgan fingerprint density at radius 1 is 0.750 bits per heavy atom. The van der Waals surface area contributed by atoms with Crippen molar-refractivity contribution < 1.29 is 28.7 Å². The number of hydrogen-bond donors (Lipinski definition) is 4. The molecule has 0 aliphatic rings. The first-order valence-electron chi connectivity index (χ1n) is 13.9. The minimum atomic E-state index is -0.650. The monoisotopic (exact) mass is 763 g/mol. The van der Waals surface area contributed by atoms with Crippen molar-refractivity contribution in [3.63, 3.8) is 0 Å². The maximum Gasteiger partial charge on any atom is 0.358 e. The summed E-state index contributed by atoms with van der Waals surface area (Å²) in [5.74, 6) is -1.70. The van der Waals surface area contributed by atoms with E-state index in [0.29, 0.717) is 5.69 Å². The number of rotatable bonds is 8. The molecule has 260 valence electrons. The van der Waals surface area contributed by atoms with Crippen LogP contribution in [0.2, 0.25) is 20.1 Å². The summed E-state index contributed by atoms with van der Waals surface area (Å²) in [6.07, 6.45) is 2.64. The summed E-state index contributed by atoms with van der Waals surface area (Å²) in [7, 11) is 2.50. The molecule has 2 aromatic heterocycles. The van der Waals surface area contributed by atoms with Gasteiger partial charge in [-0.25, -0.2) is 9.59 Å². The number of ether oxygens (including phenoxy) is 2. The Bertz CT molecular complexity index is 1610. The van der Waals surface area contributed by atoms with Crippen LogP contribution in [0.25, 0.3) is 0 Å². The van der Waals surface area contributed by atoms with E-state index in [1.165, 1.54) is 46.2 Å². The van der Waals surface area contributed by atoms with Crippen LogP contribution in [0.15, 0.2) is 48.8 Å². The number of amides is 1. The number of methoxy groups -OCH3 is 2. The quantitative estimate of drug-likeness (QED) is 0.105. The third-order valence-corrected chi connectivity index (χ3v) is 7.47. The first-order valence-corrected chi connectivity index (χ1v) is 15.8. The van der Waals surface area contributed by atoms with Crippen molar-refractivity contribution in [1.29, 1.82) is 0 Å². The van der Waals surface area contributed by atoms with Gasteiger partial charge in [0, 0.05) is 0 Å². The first kappa shape index (κ1) is 42.2. The normalized spacial score (nSPS) is 9.90. The van der Waals surface area contributed by atoms with Crippen LogP contribution in [0.5, 0.6) is 0 Å². The highest BCUT2D eigenvalue weighted by Crippen LogP contribution is 2.26. The smallest absolute Gasteiger partial charge is 0.358 e. The van der Waals surface area contributed by atoms with Gasteiger partial charge in [-0.15, -0.1) is 0 Å². The van der Waals surface area contributed by atoms with Gasteiger partial charge in [0.25, 0.3) is 11.1 Å². The van der Waals surface area contributed by atoms with Crippen LogP contribution in [0.1, 0.15) is 62.5 Å². The highest BCUT2D eigenvalue weighted by Gasteiger charge is 2.20. The largest absolute Gasteiger partial charge is 0.464 e. The number of halogens is 5. The summed E-state index contributed by atoms with van der Waals surface area (Å²) in [6.45, 7) is 10.1. The van der Waals surface area contributed by atoms with Gasteiger partial charge < -0.3 is 25.4 Å². The van der Waals surface area contributed by atoms with Crippen molar-refractivity contribution in [2.45, 2.75) is 20.8 Å². The summed E-state index contributed by atoms with van der Waals surface area (Å²) in [5.41, 5.74) is 6.31. The highest BCUT2D eigenvalue weighted by atomic mass is 35.5. The first-order chi connectivity index (χ1) is 22.8. The third-order valence-electron chi connectivity index (χ3n) is 6.03. The fourth-order valence-electron chi connectivity index (χ4n) is 3.46. The van der Waals surface area contributed by atoms with Gasteiger partial charge >= 0.3 is 11.9 Å². The van der Waals surface area contributed by atoms with Gasteiger partial charge in [-0.2, -0.15) is 10.2 Å². The Balaban J connectivity index is 0.000000350. The predicted molar refractivity (Wildman–Crippen MR) is 189 cm³/mol. The molecule has 0 bridgehead atoms. The molecule has 0 aliphatic heterocycles. The van der Waals surface area contributed by atoms with Crippen LogP contribution in [0.4, 0.5) is 11.4 Å². The summed E-state index contributed by atoms with van der Waals surface area (Å²) in [6, 6.07) is 9.47. The maximum absolute atomic E-state index is 12.1. The molecule has 13 nitrogen and oxygen atoms in total. The summed E-state index contributed by atoms with van der Waals surface area (Å²) < 4.78 is 8.94. The second kappa shape index (κ2) is 21.9. The van der Waals surface area contributed by atoms with E-state index in [9.17, 15) is 19.2 Å². The maximum atomic E-state index is 12.1. The number of nitrogens with two attached hydrogens (primary N) is 1. The minimum absolute atomic E-state index is 0.0315. The Hall–Kier alpha value is -3.85. The van der Waals surface area contributed by atoms with Crippen molar-refractivity contribution in [3.05, 3.63) is 91.4 Å². The molecule has 0 saturated carbocycles. The van der Waals surface area contributed by atoms with Gasteiger partial charge in [-0.05, 0) is 55.5 Å². The number of hydrogen-bond acceptors (Lipinski definition) is 10. The number of carbonyl (C=O) groups excluding carboxylic acids is 4. The molecule has 2 heterocycles. The number of nitrogen functional groups attached to an aromatic ring is 1. The van der Waals surface area contributed by atoms with Crippen LogP contribution in [0, 0.1) is 0 Å². The van der Waals surface area contributed by atoms with Gasteiger partial charge in [0.2, 0.25) is 0 Å². The van der Waals surface area contributed by atoms with Gasteiger partial charge in [0.1, 0.15) is 0 Å². The standard InChI is InChI=1S/C12H9Cl2N3O3.C7H3Cl3O.C6H15N.C5H7N3O2/c1-20-12(19)10-8(5-15-17-10)16-11(18)9-6(13)3-2-4-7(9)14;8-4-2-1-3-5(9)6(4)7(10)11;1-4-7(5-2)6-3;1-10-5(9)4-3(6)2-7-8-4/h2-5H,1H3,(H,15,17)(H,16,18);1-3H;4-6H2,1-3H3;2H,6H2,1H3,(H,7,8). The summed E-state index contributed by atoms with van der Waals surface area (Å²) in [5, 5.41) is 14.9. The van der Waals surface area contributed by atoms with Gasteiger partial charge in [-0.3, -0.25) is 19.8 Å². The molecule has 4 rings (SSSR count). The van der Waals surface area contributed by atoms with Crippen LogP contribution in [-0.4, -0.2) is 82.2 Å². The number of carbonyl (C=O) groups is 4. The van der Waals surface area contributed by atoms with Gasteiger partial charge in [-0.1, -0.05) is 79.3 Å². The van der Waals surface area contributed by atoms with Crippen LogP contribution < -0.4 is 11.1 Å². The van der Waals surface area contributed by atoms with E-state index >= 15 is 0 Å². The highest BCUT2D eigenvalue weighted by molar-refractivity contribution is 6.69. The molecule has 0 aliphatic carbocycles. The number of aromatic amines is 2. The molecule has 0 fully saturated rings. The second-order valence-corrected chi connectivity index (χ2v) is 10.9. The van der Waals surface area contributed by atoms with E-state index in [0.717, 1.165) is 0 Å². The van der Waals surface area contributed by atoms with E-state index in [-0.39, 0.29) is 48.3 Å². The summed E-state index contributed by atoms with van der Waals surface area (Å²) >= 11 is 28.3.